The molecule has 0 aromatic heterocycles. The highest BCUT2D eigenvalue weighted by Gasteiger charge is 2.17. The van der Waals surface area contributed by atoms with Gasteiger partial charge in [0.1, 0.15) is 11.5 Å². The van der Waals surface area contributed by atoms with Gasteiger partial charge in [-0.2, -0.15) is 0 Å². The van der Waals surface area contributed by atoms with E-state index in [1.165, 1.54) is 13.2 Å². The van der Waals surface area contributed by atoms with Gasteiger partial charge in [-0.25, -0.2) is 0 Å². The second kappa shape index (κ2) is 4.85. The molecule has 15 heavy (non-hydrogen) atoms. The minimum absolute atomic E-state index is 0.0632. The predicted octanol–water partition coefficient (Wildman–Crippen LogP) is 2.34. The molecule has 0 atom stereocenters. The van der Waals surface area contributed by atoms with Crippen LogP contribution in [0.1, 0.15) is 5.56 Å². The Morgan fingerprint density at radius 3 is 2.60 bits per heavy atom. The quantitative estimate of drug-likeness (QED) is 0.641. The minimum atomic E-state index is -0.493. The Morgan fingerprint density at radius 2 is 2.07 bits per heavy atom. The summed E-state index contributed by atoms with van der Waals surface area (Å²) in [6.07, 6.45) is -0.107. The highest BCUT2D eigenvalue weighted by atomic mass is 79.9. The van der Waals surface area contributed by atoms with Crippen molar-refractivity contribution in [3.8, 4) is 11.5 Å². The van der Waals surface area contributed by atoms with E-state index in [0.29, 0.717) is 10.0 Å². The molecule has 1 aromatic rings. The van der Waals surface area contributed by atoms with Crippen LogP contribution in [0.3, 0.4) is 0 Å². The second-order valence-corrected chi connectivity index (χ2v) is 4.42. The molecule has 2 N–H and O–H groups in total. The van der Waals surface area contributed by atoms with Gasteiger partial charge in [-0.3, -0.25) is 4.79 Å². The van der Waals surface area contributed by atoms with E-state index in [0.717, 1.165) is 0 Å². The smallest absolute Gasteiger partial charge is 0.310 e. The number of aromatic hydroxyl groups is 2. The number of rotatable bonds is 2. The van der Waals surface area contributed by atoms with E-state index in [9.17, 15) is 15.0 Å². The van der Waals surface area contributed by atoms with Crippen molar-refractivity contribution in [3.05, 3.63) is 20.6 Å². The first-order valence-corrected chi connectivity index (χ1v) is 5.51. The van der Waals surface area contributed by atoms with E-state index < -0.39 is 5.97 Å². The zero-order valence-corrected chi connectivity index (χ0v) is 10.9. The maximum atomic E-state index is 11.0. The summed E-state index contributed by atoms with van der Waals surface area (Å²) in [5, 5.41) is 19.1. The number of phenols is 2. The molecule has 0 aliphatic rings. The third kappa shape index (κ3) is 2.63. The lowest BCUT2D eigenvalue weighted by Crippen LogP contribution is -2.05. The molecule has 1 aromatic carbocycles. The van der Waals surface area contributed by atoms with Crippen LogP contribution < -0.4 is 0 Å². The fourth-order valence-corrected chi connectivity index (χ4v) is 2.26. The van der Waals surface area contributed by atoms with Crippen LogP contribution in [0.25, 0.3) is 0 Å². The normalized spacial score (nSPS) is 10.1. The summed E-state index contributed by atoms with van der Waals surface area (Å²) >= 11 is 6.15. The summed E-state index contributed by atoms with van der Waals surface area (Å²) in [5.74, 6) is -0.642. The monoisotopic (exact) mass is 338 g/mol. The number of phenolic OH excluding ortho intramolecular Hbond substituents is 2. The van der Waals surface area contributed by atoms with Crippen LogP contribution in [0, 0.1) is 0 Å². The number of carbonyl (C=O) groups is 1. The zero-order valence-electron chi connectivity index (χ0n) is 7.75. The maximum Gasteiger partial charge on any atom is 0.310 e. The lowest BCUT2D eigenvalue weighted by Gasteiger charge is -2.09. The Morgan fingerprint density at radius 1 is 1.47 bits per heavy atom. The van der Waals surface area contributed by atoms with Gasteiger partial charge in [0, 0.05) is 5.56 Å². The number of esters is 1. The number of ether oxygens (including phenoxy) is 1. The van der Waals surface area contributed by atoms with Crippen LogP contribution in [0.2, 0.25) is 0 Å². The number of halogens is 2. The fraction of sp³-hybridized carbons (Fsp3) is 0.222. The molecular weight excluding hydrogens is 332 g/mol. The second-order valence-electron chi connectivity index (χ2n) is 2.77. The minimum Gasteiger partial charge on any atom is -0.508 e. The van der Waals surface area contributed by atoms with Gasteiger partial charge in [-0.15, -0.1) is 0 Å². The summed E-state index contributed by atoms with van der Waals surface area (Å²) in [6.45, 7) is 0. The molecule has 0 unspecified atom stereocenters. The molecule has 0 radical (unpaired) electrons. The Kier molecular flexibility index (Phi) is 3.98. The van der Waals surface area contributed by atoms with Gasteiger partial charge in [0.05, 0.1) is 22.5 Å². The van der Waals surface area contributed by atoms with Gasteiger partial charge in [-0.1, -0.05) is 0 Å². The van der Waals surface area contributed by atoms with Crippen molar-refractivity contribution in [3.63, 3.8) is 0 Å². The molecule has 0 heterocycles. The summed E-state index contributed by atoms with van der Waals surface area (Å²) < 4.78 is 5.10. The van der Waals surface area contributed by atoms with Crippen LogP contribution >= 0.6 is 31.9 Å². The van der Waals surface area contributed by atoms with E-state index >= 15 is 0 Å². The summed E-state index contributed by atoms with van der Waals surface area (Å²) in [5.41, 5.74) is 0.294. The first-order valence-electron chi connectivity index (χ1n) is 3.93. The van der Waals surface area contributed by atoms with E-state index in [1.807, 2.05) is 0 Å². The lowest BCUT2D eigenvalue weighted by molar-refractivity contribution is -0.139. The maximum absolute atomic E-state index is 11.0. The molecular formula is C9H8Br2O4. The van der Waals surface area contributed by atoms with Crippen molar-refractivity contribution in [2.75, 3.05) is 7.11 Å². The predicted molar refractivity (Wildman–Crippen MR) is 60.9 cm³/mol. The summed E-state index contributed by atoms with van der Waals surface area (Å²) in [6, 6.07) is 1.32. The number of hydrogen-bond acceptors (Lipinski definition) is 4. The Labute approximate surface area is 103 Å². The largest absolute Gasteiger partial charge is 0.508 e. The van der Waals surface area contributed by atoms with Gasteiger partial charge in [0.25, 0.3) is 0 Å². The van der Waals surface area contributed by atoms with Crippen molar-refractivity contribution < 1.29 is 19.7 Å². The molecule has 0 spiro atoms. The van der Waals surface area contributed by atoms with Crippen LogP contribution in [-0.4, -0.2) is 23.3 Å². The topological polar surface area (TPSA) is 66.8 Å². The third-order valence-corrected chi connectivity index (χ3v) is 3.28. The Hall–Kier alpha value is -0.750. The van der Waals surface area contributed by atoms with Crippen LogP contribution in [0.5, 0.6) is 11.5 Å². The molecule has 0 fully saturated rings. The van der Waals surface area contributed by atoms with Crippen molar-refractivity contribution in [2.45, 2.75) is 6.42 Å². The molecule has 6 heteroatoms. The number of methoxy groups -OCH3 is 1. The molecule has 4 nitrogen and oxygen atoms in total. The van der Waals surface area contributed by atoms with Gasteiger partial charge < -0.3 is 14.9 Å². The highest BCUT2D eigenvalue weighted by molar-refractivity contribution is 9.11. The zero-order chi connectivity index (χ0) is 11.6. The Bertz CT molecular complexity index is 404. The number of carbonyl (C=O) groups excluding carboxylic acids is 1. The number of benzene rings is 1. The highest BCUT2D eigenvalue weighted by Crippen LogP contribution is 2.40. The van der Waals surface area contributed by atoms with Crippen molar-refractivity contribution >= 4 is 37.8 Å². The van der Waals surface area contributed by atoms with Crippen LogP contribution in [0.4, 0.5) is 0 Å². The van der Waals surface area contributed by atoms with Gasteiger partial charge in [0.2, 0.25) is 0 Å². The van der Waals surface area contributed by atoms with Gasteiger partial charge in [0.15, 0.2) is 0 Å². The van der Waals surface area contributed by atoms with Crippen molar-refractivity contribution in [1.29, 1.82) is 0 Å². The van der Waals surface area contributed by atoms with Crippen LogP contribution in [-0.2, 0) is 16.0 Å². The van der Waals surface area contributed by atoms with Crippen LogP contribution in [0.15, 0.2) is 15.0 Å². The van der Waals surface area contributed by atoms with E-state index in [4.69, 9.17) is 0 Å². The number of hydrogen-bond donors (Lipinski definition) is 2. The first-order chi connectivity index (χ1) is 6.97. The molecule has 0 saturated carbocycles. The molecule has 0 amide bonds. The summed E-state index contributed by atoms with van der Waals surface area (Å²) in [7, 11) is 1.26. The van der Waals surface area contributed by atoms with Gasteiger partial charge >= 0.3 is 5.97 Å². The molecule has 0 aliphatic heterocycles. The molecule has 0 bridgehead atoms. The van der Waals surface area contributed by atoms with E-state index in [2.05, 4.69) is 36.6 Å². The van der Waals surface area contributed by atoms with E-state index in [1.54, 1.807) is 0 Å². The fourth-order valence-electron chi connectivity index (χ4n) is 1.02. The SMILES string of the molecule is COC(=O)Cc1c(O)cc(Br)c(O)c1Br. The molecule has 1 rings (SSSR count). The molecule has 0 aliphatic carbocycles. The summed E-state index contributed by atoms with van der Waals surface area (Å²) in [4.78, 5) is 11.0. The van der Waals surface area contributed by atoms with Crippen molar-refractivity contribution in [1.82, 2.24) is 0 Å². The standard InChI is InChI=1S/C9H8Br2O4/c1-15-7(13)2-4-6(12)3-5(10)9(14)8(4)11/h3,12,14H,2H2,1H3. The van der Waals surface area contributed by atoms with Crippen molar-refractivity contribution in [2.24, 2.45) is 0 Å². The molecule has 82 valence electrons. The lowest BCUT2D eigenvalue weighted by atomic mass is 10.1. The molecule has 0 saturated heterocycles. The van der Waals surface area contributed by atoms with Gasteiger partial charge in [-0.05, 0) is 37.9 Å². The third-order valence-electron chi connectivity index (χ3n) is 1.82. The average Bonchev–Trinajstić information content (AvgIpc) is 2.21. The Balaban J connectivity index is 3.18. The first kappa shape index (κ1) is 12.3. The van der Waals surface area contributed by atoms with E-state index in [-0.39, 0.29) is 22.4 Å². The average molecular weight is 340 g/mol.